The molecular formula is C15H19Y-. The summed E-state index contributed by atoms with van der Waals surface area (Å²) in [4.78, 5) is 0. The van der Waals surface area contributed by atoms with Gasteiger partial charge in [0.05, 0.1) is 0 Å². The first-order valence-corrected chi connectivity index (χ1v) is 5.56. The Bertz CT molecular complexity index is 392. The second-order valence-corrected chi connectivity index (χ2v) is 3.92. The number of hydrogen-bond donors (Lipinski definition) is 0. The molecule has 0 aliphatic carbocycles. The standard InChI is InChI=1S/C12H11.C3H8.Y/c1-9-7-11-5-3-4-6-12(11)8-10(9)2;1-3-2;/h3,5-8H,1-2H3;3H2,1-2H3;/q-1;;. The Kier molecular flexibility index (Phi) is 7.88. The molecular weight excluding hydrogens is 269 g/mol. The minimum atomic E-state index is 0. The van der Waals surface area contributed by atoms with E-state index in [4.69, 9.17) is 0 Å². The van der Waals surface area contributed by atoms with Crippen LogP contribution >= 0.6 is 0 Å². The molecule has 0 fully saturated rings. The number of aryl methyl sites for hydroxylation is 2. The van der Waals surface area contributed by atoms with Gasteiger partial charge in [0, 0.05) is 32.7 Å². The van der Waals surface area contributed by atoms with Crippen LogP contribution in [0.2, 0.25) is 0 Å². The average Bonchev–Trinajstić information content (AvgIpc) is 2.21. The minimum absolute atomic E-state index is 0. The van der Waals surface area contributed by atoms with Gasteiger partial charge in [0.25, 0.3) is 0 Å². The van der Waals surface area contributed by atoms with Crippen molar-refractivity contribution in [2.75, 3.05) is 0 Å². The molecule has 0 aliphatic heterocycles. The Hall–Kier alpha value is -0.196. The summed E-state index contributed by atoms with van der Waals surface area (Å²) in [5, 5.41) is 2.58. The summed E-state index contributed by atoms with van der Waals surface area (Å²) in [5.74, 6) is 0. The van der Waals surface area contributed by atoms with Crippen molar-refractivity contribution in [1.29, 1.82) is 0 Å². The van der Waals surface area contributed by atoms with Crippen LogP contribution in [0.25, 0.3) is 10.8 Å². The van der Waals surface area contributed by atoms with E-state index in [9.17, 15) is 0 Å². The number of benzene rings is 2. The molecule has 0 saturated carbocycles. The molecule has 0 heterocycles. The van der Waals surface area contributed by atoms with Gasteiger partial charge in [-0.15, -0.1) is 16.8 Å². The van der Waals surface area contributed by atoms with Crippen molar-refractivity contribution in [2.24, 2.45) is 0 Å². The van der Waals surface area contributed by atoms with E-state index in [-0.39, 0.29) is 32.7 Å². The molecule has 2 aromatic rings. The molecule has 2 rings (SSSR count). The van der Waals surface area contributed by atoms with Gasteiger partial charge in [-0.05, 0) is 13.8 Å². The Morgan fingerprint density at radius 1 is 1.00 bits per heavy atom. The monoisotopic (exact) mass is 288 g/mol. The van der Waals surface area contributed by atoms with E-state index in [1.165, 1.54) is 28.3 Å². The molecule has 0 saturated heterocycles. The Morgan fingerprint density at radius 2 is 1.50 bits per heavy atom. The summed E-state index contributed by atoms with van der Waals surface area (Å²) < 4.78 is 0. The predicted molar refractivity (Wildman–Crippen MR) is 68.2 cm³/mol. The van der Waals surface area contributed by atoms with Crippen molar-refractivity contribution < 1.29 is 32.7 Å². The fourth-order valence-electron chi connectivity index (χ4n) is 1.41. The molecule has 16 heavy (non-hydrogen) atoms. The summed E-state index contributed by atoms with van der Waals surface area (Å²) in [6.07, 6.45) is 1.25. The van der Waals surface area contributed by atoms with E-state index in [1.54, 1.807) is 0 Å². The largest absolute Gasteiger partial charge is 0.183 e. The van der Waals surface area contributed by atoms with Gasteiger partial charge in [0.2, 0.25) is 0 Å². The first-order chi connectivity index (χ1) is 7.19. The predicted octanol–water partition coefficient (Wildman–Crippen LogP) is 4.67. The first kappa shape index (κ1) is 15.8. The zero-order valence-electron chi connectivity index (χ0n) is 10.7. The molecule has 2 aromatic carbocycles. The van der Waals surface area contributed by atoms with Crippen LogP contribution in [0.15, 0.2) is 30.3 Å². The van der Waals surface area contributed by atoms with Gasteiger partial charge in [-0.1, -0.05) is 37.5 Å². The number of rotatable bonds is 0. The van der Waals surface area contributed by atoms with Crippen molar-refractivity contribution >= 4 is 10.8 Å². The van der Waals surface area contributed by atoms with Crippen LogP contribution in [0.1, 0.15) is 31.4 Å². The van der Waals surface area contributed by atoms with Crippen LogP contribution in [0.5, 0.6) is 0 Å². The summed E-state index contributed by atoms with van der Waals surface area (Å²) in [6, 6.07) is 13.6. The van der Waals surface area contributed by atoms with Crippen molar-refractivity contribution in [3.8, 4) is 0 Å². The number of fused-ring (bicyclic) bond motifs is 1. The van der Waals surface area contributed by atoms with Gasteiger partial charge in [-0.25, -0.2) is 0 Å². The fourth-order valence-corrected chi connectivity index (χ4v) is 1.41. The molecule has 0 amide bonds. The molecule has 1 heteroatoms. The number of hydrogen-bond acceptors (Lipinski definition) is 0. The van der Waals surface area contributed by atoms with Crippen molar-refractivity contribution in [2.45, 2.75) is 34.1 Å². The molecule has 0 bridgehead atoms. The van der Waals surface area contributed by atoms with Crippen LogP contribution in [0, 0.1) is 19.9 Å². The fraction of sp³-hybridized carbons (Fsp3) is 0.333. The maximum absolute atomic E-state index is 3.08. The normalized spacial score (nSPS) is 9.00. The Labute approximate surface area is 124 Å². The SMILES string of the molecule is CCC.Cc1cc2c[c-]ccc2cc1C.[Y]. The first-order valence-electron chi connectivity index (χ1n) is 5.56. The molecule has 0 unspecified atom stereocenters. The minimum Gasteiger partial charge on any atom is -0.183 e. The molecule has 1 radical (unpaired) electrons. The van der Waals surface area contributed by atoms with E-state index in [0.29, 0.717) is 0 Å². The molecule has 0 N–H and O–H groups in total. The molecule has 0 aromatic heterocycles. The topological polar surface area (TPSA) is 0 Å². The third-order valence-electron chi connectivity index (χ3n) is 2.30. The van der Waals surface area contributed by atoms with E-state index in [0.717, 1.165) is 0 Å². The van der Waals surface area contributed by atoms with Crippen LogP contribution in [-0.2, 0) is 32.7 Å². The van der Waals surface area contributed by atoms with Gasteiger partial charge >= 0.3 is 0 Å². The van der Waals surface area contributed by atoms with Crippen molar-refractivity contribution in [3.63, 3.8) is 0 Å². The average molecular weight is 288 g/mol. The van der Waals surface area contributed by atoms with Crippen LogP contribution in [-0.4, -0.2) is 0 Å². The van der Waals surface area contributed by atoms with Crippen LogP contribution < -0.4 is 0 Å². The van der Waals surface area contributed by atoms with Gasteiger partial charge in [-0.3, -0.25) is 0 Å². The van der Waals surface area contributed by atoms with E-state index < -0.39 is 0 Å². The smallest absolute Gasteiger partial charge is 0 e. The second-order valence-electron chi connectivity index (χ2n) is 3.92. The quantitative estimate of drug-likeness (QED) is 0.618. The third kappa shape index (κ3) is 4.35. The van der Waals surface area contributed by atoms with Crippen molar-refractivity contribution in [3.05, 3.63) is 47.5 Å². The van der Waals surface area contributed by atoms with Gasteiger partial charge in [0.15, 0.2) is 0 Å². The summed E-state index contributed by atoms with van der Waals surface area (Å²) in [7, 11) is 0. The molecule has 0 nitrogen and oxygen atoms in total. The van der Waals surface area contributed by atoms with Gasteiger partial charge in [0.1, 0.15) is 0 Å². The Balaban J connectivity index is 0.000000511. The second kappa shape index (κ2) is 7.98. The van der Waals surface area contributed by atoms with Crippen LogP contribution in [0.4, 0.5) is 0 Å². The summed E-state index contributed by atoms with van der Waals surface area (Å²) in [6.45, 7) is 8.53. The molecule has 0 spiro atoms. The summed E-state index contributed by atoms with van der Waals surface area (Å²) >= 11 is 0. The molecule has 0 atom stereocenters. The van der Waals surface area contributed by atoms with E-state index >= 15 is 0 Å². The zero-order valence-corrected chi connectivity index (χ0v) is 13.5. The van der Waals surface area contributed by atoms with Crippen LogP contribution in [0.3, 0.4) is 0 Å². The van der Waals surface area contributed by atoms with Gasteiger partial charge in [-0.2, -0.15) is 24.3 Å². The zero-order chi connectivity index (χ0) is 11.3. The Morgan fingerprint density at radius 3 is 2.06 bits per heavy atom. The van der Waals surface area contributed by atoms with Gasteiger partial charge < -0.3 is 0 Å². The molecule has 0 aliphatic rings. The van der Waals surface area contributed by atoms with E-state index in [1.807, 2.05) is 12.1 Å². The maximum Gasteiger partial charge on any atom is 0 e. The van der Waals surface area contributed by atoms with Crippen molar-refractivity contribution in [1.82, 2.24) is 0 Å². The summed E-state index contributed by atoms with van der Waals surface area (Å²) in [5.41, 5.74) is 2.70. The third-order valence-corrected chi connectivity index (χ3v) is 2.30. The van der Waals surface area contributed by atoms with E-state index in [2.05, 4.69) is 52.0 Å². The molecule has 83 valence electrons. The maximum atomic E-state index is 3.08.